The Labute approximate surface area is 137 Å². The predicted octanol–water partition coefficient (Wildman–Crippen LogP) is 6.88. The molecule has 22 heavy (non-hydrogen) atoms. The maximum absolute atomic E-state index is 3.60. The number of hydrogen-bond donors (Lipinski definition) is 1. The lowest BCUT2D eigenvalue weighted by molar-refractivity contribution is 0.675. The Morgan fingerprint density at radius 1 is 0.955 bits per heavy atom. The van der Waals surface area contributed by atoms with E-state index in [1.54, 1.807) is 0 Å². The number of anilines is 2. The summed E-state index contributed by atoms with van der Waals surface area (Å²) in [6.07, 6.45) is 11.1. The minimum absolute atomic E-state index is 1.17. The first-order chi connectivity index (χ1) is 10.9. The Morgan fingerprint density at radius 2 is 1.82 bits per heavy atom. The van der Waals surface area contributed by atoms with Crippen molar-refractivity contribution in [1.29, 1.82) is 0 Å². The summed E-state index contributed by atoms with van der Waals surface area (Å²) in [5, 5.41) is 3.60. The van der Waals surface area contributed by atoms with Crippen molar-refractivity contribution in [3.8, 4) is 0 Å². The van der Waals surface area contributed by atoms with Crippen molar-refractivity contribution >= 4 is 29.2 Å². The molecular formula is C20H23NS. The molecule has 0 fully saturated rings. The number of fused-ring (bicyclic) bond motifs is 2. The van der Waals surface area contributed by atoms with Crippen molar-refractivity contribution in [3.05, 3.63) is 54.1 Å². The summed E-state index contributed by atoms with van der Waals surface area (Å²) >= 11 is 1.85. The van der Waals surface area contributed by atoms with Gasteiger partial charge in [0.25, 0.3) is 0 Å². The van der Waals surface area contributed by atoms with Gasteiger partial charge in [-0.25, -0.2) is 0 Å². The minimum Gasteiger partial charge on any atom is -0.353 e. The predicted molar refractivity (Wildman–Crippen MR) is 98.1 cm³/mol. The van der Waals surface area contributed by atoms with Gasteiger partial charge >= 0.3 is 0 Å². The van der Waals surface area contributed by atoms with E-state index in [1.165, 1.54) is 58.8 Å². The standard InChI is InChI=1S/C20H23NS/c1-2-3-4-5-6-7-11-16-12-10-15-19-20(16)21-17-13-8-9-14-18(17)22-19/h7-15,21H,2-6H2,1H3. The van der Waals surface area contributed by atoms with E-state index in [-0.39, 0.29) is 0 Å². The lowest BCUT2D eigenvalue weighted by Gasteiger charge is -2.22. The first-order valence-electron chi connectivity index (χ1n) is 8.22. The SMILES string of the molecule is CCCCCCC=Cc1cccc2c1Nc1ccccc1S2. The highest BCUT2D eigenvalue weighted by atomic mass is 32.2. The molecule has 0 unspecified atom stereocenters. The number of allylic oxidation sites excluding steroid dienone is 1. The van der Waals surface area contributed by atoms with Crippen LogP contribution in [-0.2, 0) is 0 Å². The zero-order chi connectivity index (χ0) is 15.2. The second kappa shape index (κ2) is 7.55. The highest BCUT2D eigenvalue weighted by Crippen LogP contribution is 2.45. The molecule has 1 N–H and O–H groups in total. The third-order valence-electron chi connectivity index (χ3n) is 3.95. The molecule has 0 saturated carbocycles. The molecule has 0 saturated heterocycles. The van der Waals surface area contributed by atoms with Crippen LogP contribution in [0.4, 0.5) is 11.4 Å². The van der Waals surface area contributed by atoms with Crippen molar-refractivity contribution in [2.75, 3.05) is 5.32 Å². The summed E-state index contributed by atoms with van der Waals surface area (Å²) in [7, 11) is 0. The summed E-state index contributed by atoms with van der Waals surface area (Å²) < 4.78 is 0. The molecule has 0 aromatic heterocycles. The number of nitrogens with one attached hydrogen (secondary N) is 1. The zero-order valence-electron chi connectivity index (χ0n) is 13.1. The maximum atomic E-state index is 3.60. The molecule has 0 bridgehead atoms. The van der Waals surface area contributed by atoms with Crippen LogP contribution in [0, 0.1) is 0 Å². The van der Waals surface area contributed by atoms with Crippen molar-refractivity contribution in [1.82, 2.24) is 0 Å². The van der Waals surface area contributed by atoms with Gasteiger partial charge in [-0.3, -0.25) is 0 Å². The minimum atomic E-state index is 1.17. The van der Waals surface area contributed by atoms with E-state index in [4.69, 9.17) is 0 Å². The molecule has 2 aromatic carbocycles. The van der Waals surface area contributed by atoms with Crippen LogP contribution in [0.1, 0.15) is 44.6 Å². The van der Waals surface area contributed by atoms with Gasteiger partial charge < -0.3 is 5.32 Å². The van der Waals surface area contributed by atoms with E-state index in [9.17, 15) is 0 Å². The average molecular weight is 309 g/mol. The Bertz CT molecular complexity index is 661. The Kier molecular flexibility index (Phi) is 5.23. The van der Waals surface area contributed by atoms with Gasteiger partial charge in [-0.1, -0.05) is 74.4 Å². The molecule has 2 aromatic rings. The van der Waals surface area contributed by atoms with Gasteiger partial charge in [0, 0.05) is 9.79 Å². The van der Waals surface area contributed by atoms with Crippen LogP contribution in [0.5, 0.6) is 0 Å². The highest BCUT2D eigenvalue weighted by molar-refractivity contribution is 7.99. The van der Waals surface area contributed by atoms with Gasteiger partial charge in [0.05, 0.1) is 11.4 Å². The number of benzene rings is 2. The summed E-state index contributed by atoms with van der Waals surface area (Å²) in [5.41, 5.74) is 3.75. The molecule has 1 heterocycles. The van der Waals surface area contributed by atoms with Gasteiger partial charge in [-0.15, -0.1) is 0 Å². The van der Waals surface area contributed by atoms with Crippen LogP contribution >= 0.6 is 11.8 Å². The second-order valence-electron chi connectivity index (χ2n) is 5.70. The van der Waals surface area contributed by atoms with E-state index < -0.39 is 0 Å². The molecule has 0 radical (unpaired) electrons. The monoisotopic (exact) mass is 309 g/mol. The summed E-state index contributed by atoms with van der Waals surface area (Å²) in [6.45, 7) is 2.26. The molecule has 1 aliphatic heterocycles. The van der Waals surface area contributed by atoms with E-state index in [0.29, 0.717) is 0 Å². The fourth-order valence-electron chi connectivity index (χ4n) is 2.72. The van der Waals surface area contributed by atoms with Crippen molar-refractivity contribution in [2.24, 2.45) is 0 Å². The van der Waals surface area contributed by atoms with E-state index in [2.05, 4.69) is 66.9 Å². The number of para-hydroxylation sites is 2. The summed E-state index contributed by atoms with van der Waals surface area (Å²) in [5.74, 6) is 0. The third kappa shape index (κ3) is 3.56. The van der Waals surface area contributed by atoms with Crippen LogP contribution in [0.15, 0.2) is 58.3 Å². The number of rotatable bonds is 6. The lowest BCUT2D eigenvalue weighted by Crippen LogP contribution is -2.01. The number of hydrogen-bond acceptors (Lipinski definition) is 2. The number of unbranched alkanes of at least 4 members (excludes halogenated alkanes) is 4. The Morgan fingerprint density at radius 3 is 2.73 bits per heavy atom. The Hall–Kier alpha value is -1.67. The van der Waals surface area contributed by atoms with Crippen LogP contribution in [0.3, 0.4) is 0 Å². The van der Waals surface area contributed by atoms with Gasteiger partial charge in [-0.05, 0) is 36.6 Å². The fourth-order valence-corrected chi connectivity index (χ4v) is 3.75. The molecule has 114 valence electrons. The summed E-state index contributed by atoms with van der Waals surface area (Å²) in [4.78, 5) is 2.61. The maximum Gasteiger partial charge on any atom is 0.0599 e. The van der Waals surface area contributed by atoms with Crippen molar-refractivity contribution in [3.63, 3.8) is 0 Å². The molecular weight excluding hydrogens is 286 g/mol. The van der Waals surface area contributed by atoms with E-state index in [0.717, 1.165) is 0 Å². The molecule has 2 heteroatoms. The molecule has 3 rings (SSSR count). The molecule has 0 atom stereocenters. The van der Waals surface area contributed by atoms with Crippen LogP contribution in [0.2, 0.25) is 0 Å². The highest BCUT2D eigenvalue weighted by Gasteiger charge is 2.16. The normalized spacial score (nSPS) is 12.8. The van der Waals surface area contributed by atoms with Crippen molar-refractivity contribution < 1.29 is 0 Å². The molecule has 1 aliphatic rings. The molecule has 1 nitrogen and oxygen atoms in total. The van der Waals surface area contributed by atoms with Crippen molar-refractivity contribution in [2.45, 2.75) is 48.8 Å². The topological polar surface area (TPSA) is 12.0 Å². The first kappa shape index (κ1) is 15.2. The van der Waals surface area contributed by atoms with Gasteiger partial charge in [0.15, 0.2) is 0 Å². The van der Waals surface area contributed by atoms with E-state index >= 15 is 0 Å². The average Bonchev–Trinajstić information content (AvgIpc) is 2.56. The largest absolute Gasteiger partial charge is 0.353 e. The first-order valence-corrected chi connectivity index (χ1v) is 9.03. The molecule has 0 spiro atoms. The molecule has 0 aliphatic carbocycles. The summed E-state index contributed by atoms with van der Waals surface area (Å²) in [6, 6.07) is 15.0. The smallest absolute Gasteiger partial charge is 0.0599 e. The van der Waals surface area contributed by atoms with E-state index in [1.807, 2.05) is 11.8 Å². The second-order valence-corrected chi connectivity index (χ2v) is 6.78. The van der Waals surface area contributed by atoms with Gasteiger partial charge in [-0.2, -0.15) is 0 Å². The van der Waals surface area contributed by atoms with Gasteiger partial charge in [0.2, 0.25) is 0 Å². The van der Waals surface area contributed by atoms with Crippen LogP contribution in [0.25, 0.3) is 6.08 Å². The molecule has 0 amide bonds. The van der Waals surface area contributed by atoms with Crippen LogP contribution < -0.4 is 5.32 Å². The zero-order valence-corrected chi connectivity index (χ0v) is 14.0. The third-order valence-corrected chi connectivity index (χ3v) is 5.08. The quantitative estimate of drug-likeness (QED) is 0.498. The fraction of sp³-hybridized carbons (Fsp3) is 0.300. The Balaban J connectivity index is 1.71. The van der Waals surface area contributed by atoms with Crippen LogP contribution in [-0.4, -0.2) is 0 Å². The van der Waals surface area contributed by atoms with Gasteiger partial charge in [0.1, 0.15) is 0 Å². The lowest BCUT2D eigenvalue weighted by atomic mass is 10.1.